The van der Waals surface area contributed by atoms with Crippen molar-refractivity contribution < 1.29 is 4.79 Å². The Morgan fingerprint density at radius 2 is 2.14 bits per heavy atom. The molecule has 2 heterocycles. The summed E-state index contributed by atoms with van der Waals surface area (Å²) in [4.78, 5) is 12.1. The Labute approximate surface area is 122 Å². The van der Waals surface area contributed by atoms with Crippen LogP contribution in [0.15, 0.2) is 48.9 Å². The van der Waals surface area contributed by atoms with Gasteiger partial charge in [-0.05, 0) is 19.1 Å². The summed E-state index contributed by atoms with van der Waals surface area (Å²) in [6.07, 6.45) is 5.38. The molecule has 0 bridgehead atoms. The zero-order valence-corrected chi connectivity index (χ0v) is 11.8. The molecule has 0 radical (unpaired) electrons. The van der Waals surface area contributed by atoms with Gasteiger partial charge in [0, 0.05) is 23.8 Å². The van der Waals surface area contributed by atoms with Crippen molar-refractivity contribution >= 4 is 16.8 Å². The molecule has 1 N–H and O–H groups in total. The van der Waals surface area contributed by atoms with Crippen molar-refractivity contribution in [2.45, 2.75) is 26.1 Å². The van der Waals surface area contributed by atoms with Crippen LogP contribution >= 0.6 is 0 Å². The Morgan fingerprint density at radius 3 is 2.95 bits per heavy atom. The summed E-state index contributed by atoms with van der Waals surface area (Å²) in [7, 11) is 0. The van der Waals surface area contributed by atoms with Crippen LogP contribution < -0.4 is 5.32 Å². The van der Waals surface area contributed by atoms with Gasteiger partial charge in [-0.2, -0.15) is 10.2 Å². The number of carbonyl (C=O) groups is 1. The first kappa shape index (κ1) is 13.4. The average molecular weight is 283 g/mol. The van der Waals surface area contributed by atoms with Crippen LogP contribution in [0.1, 0.15) is 6.92 Å². The monoisotopic (exact) mass is 283 g/mol. The molecule has 6 heteroatoms. The lowest BCUT2D eigenvalue weighted by Crippen LogP contribution is -2.38. The third-order valence-corrected chi connectivity index (χ3v) is 3.27. The van der Waals surface area contributed by atoms with E-state index in [0.717, 1.165) is 10.9 Å². The molecular formula is C15H17N5O. The molecule has 1 atom stereocenters. The second-order valence-electron chi connectivity index (χ2n) is 5.06. The van der Waals surface area contributed by atoms with Gasteiger partial charge in [-0.15, -0.1) is 0 Å². The topological polar surface area (TPSA) is 64.7 Å². The van der Waals surface area contributed by atoms with Crippen LogP contribution in [0.4, 0.5) is 0 Å². The van der Waals surface area contributed by atoms with Gasteiger partial charge in [0.05, 0.1) is 18.3 Å². The molecule has 1 aromatic carbocycles. The summed E-state index contributed by atoms with van der Waals surface area (Å²) >= 11 is 0. The molecule has 0 saturated carbocycles. The van der Waals surface area contributed by atoms with Crippen LogP contribution in [-0.4, -0.2) is 31.5 Å². The minimum absolute atomic E-state index is 0.0132. The summed E-state index contributed by atoms with van der Waals surface area (Å²) < 4.78 is 3.51. The highest BCUT2D eigenvalue weighted by atomic mass is 16.2. The molecule has 2 aromatic heterocycles. The Morgan fingerprint density at radius 1 is 1.29 bits per heavy atom. The SMILES string of the molecule is CC(Cn1cccn1)NC(=O)Cn1ncc2ccccc21. The minimum Gasteiger partial charge on any atom is -0.350 e. The fraction of sp³-hybridized carbons (Fsp3) is 0.267. The Hall–Kier alpha value is -2.63. The van der Waals surface area contributed by atoms with Gasteiger partial charge in [-0.1, -0.05) is 18.2 Å². The third-order valence-electron chi connectivity index (χ3n) is 3.27. The zero-order valence-electron chi connectivity index (χ0n) is 11.8. The molecule has 21 heavy (non-hydrogen) atoms. The summed E-state index contributed by atoms with van der Waals surface area (Å²) in [6, 6.07) is 9.73. The summed E-state index contributed by atoms with van der Waals surface area (Å²) in [6.45, 7) is 2.83. The smallest absolute Gasteiger partial charge is 0.242 e. The normalized spacial score (nSPS) is 12.4. The van der Waals surface area contributed by atoms with Crippen LogP contribution in [0.5, 0.6) is 0 Å². The number of hydrogen-bond acceptors (Lipinski definition) is 3. The maximum absolute atomic E-state index is 12.1. The first-order chi connectivity index (χ1) is 10.2. The second kappa shape index (κ2) is 5.78. The van der Waals surface area contributed by atoms with Gasteiger partial charge in [0.25, 0.3) is 0 Å². The largest absolute Gasteiger partial charge is 0.350 e. The molecule has 3 rings (SSSR count). The van der Waals surface area contributed by atoms with Crippen molar-refractivity contribution in [3.8, 4) is 0 Å². The van der Waals surface area contributed by atoms with Gasteiger partial charge < -0.3 is 5.32 Å². The van der Waals surface area contributed by atoms with Crippen LogP contribution in [0.2, 0.25) is 0 Å². The number of rotatable bonds is 5. The van der Waals surface area contributed by atoms with Crippen LogP contribution in [-0.2, 0) is 17.9 Å². The molecule has 0 aliphatic heterocycles. The third kappa shape index (κ3) is 3.10. The van der Waals surface area contributed by atoms with Crippen molar-refractivity contribution in [2.75, 3.05) is 0 Å². The van der Waals surface area contributed by atoms with Gasteiger partial charge in [0.2, 0.25) is 5.91 Å². The summed E-state index contributed by atoms with van der Waals surface area (Å²) in [5, 5.41) is 12.4. The first-order valence-corrected chi connectivity index (χ1v) is 6.90. The Balaban J connectivity index is 1.61. The highest BCUT2D eigenvalue weighted by Gasteiger charge is 2.10. The highest BCUT2D eigenvalue weighted by molar-refractivity contribution is 5.82. The molecular weight excluding hydrogens is 266 g/mol. The molecule has 1 unspecified atom stereocenters. The van der Waals surface area contributed by atoms with Gasteiger partial charge in [-0.3, -0.25) is 14.2 Å². The number of benzene rings is 1. The lowest BCUT2D eigenvalue weighted by Gasteiger charge is -2.14. The molecule has 0 aliphatic rings. The number of aromatic nitrogens is 4. The zero-order chi connectivity index (χ0) is 14.7. The molecule has 0 saturated heterocycles. The number of hydrogen-bond donors (Lipinski definition) is 1. The minimum atomic E-state index is -0.0523. The van der Waals surface area contributed by atoms with E-state index in [4.69, 9.17) is 0 Å². The molecule has 6 nitrogen and oxygen atoms in total. The van der Waals surface area contributed by atoms with Crippen molar-refractivity contribution in [2.24, 2.45) is 0 Å². The fourth-order valence-electron chi connectivity index (χ4n) is 2.34. The van der Waals surface area contributed by atoms with E-state index in [0.29, 0.717) is 6.54 Å². The lowest BCUT2D eigenvalue weighted by molar-refractivity contribution is -0.122. The van der Waals surface area contributed by atoms with Crippen molar-refractivity contribution in [1.29, 1.82) is 0 Å². The van der Waals surface area contributed by atoms with Gasteiger partial charge in [0.15, 0.2) is 0 Å². The molecule has 0 spiro atoms. The van der Waals surface area contributed by atoms with Gasteiger partial charge in [0.1, 0.15) is 6.54 Å². The lowest BCUT2D eigenvalue weighted by atomic mass is 10.2. The number of para-hydroxylation sites is 1. The Kier molecular flexibility index (Phi) is 3.68. The predicted molar refractivity (Wildman–Crippen MR) is 79.6 cm³/mol. The second-order valence-corrected chi connectivity index (χ2v) is 5.06. The van der Waals surface area contributed by atoms with Crippen LogP contribution in [0.3, 0.4) is 0 Å². The number of nitrogens with zero attached hydrogens (tertiary/aromatic N) is 4. The standard InChI is InChI=1S/C15H17N5O/c1-12(10-19-8-4-7-16-19)18-15(21)11-20-14-6-3-2-5-13(14)9-17-20/h2-9,12H,10-11H2,1H3,(H,18,21). The van der Waals surface area contributed by atoms with Crippen molar-refractivity contribution in [1.82, 2.24) is 24.9 Å². The van der Waals surface area contributed by atoms with E-state index in [-0.39, 0.29) is 18.5 Å². The number of fused-ring (bicyclic) bond motifs is 1. The van der Waals surface area contributed by atoms with E-state index < -0.39 is 0 Å². The number of carbonyl (C=O) groups excluding carboxylic acids is 1. The van der Waals surface area contributed by atoms with Gasteiger partial charge >= 0.3 is 0 Å². The summed E-state index contributed by atoms with van der Waals surface area (Å²) in [5.41, 5.74) is 0.965. The maximum Gasteiger partial charge on any atom is 0.242 e. The number of nitrogens with one attached hydrogen (secondary N) is 1. The Bertz CT molecular complexity index is 731. The predicted octanol–water partition coefficient (Wildman–Crippen LogP) is 1.44. The first-order valence-electron chi connectivity index (χ1n) is 6.90. The van der Waals surface area contributed by atoms with E-state index in [1.807, 2.05) is 43.5 Å². The molecule has 0 aliphatic carbocycles. The molecule has 1 amide bonds. The molecule has 0 fully saturated rings. The van der Waals surface area contributed by atoms with E-state index >= 15 is 0 Å². The van der Waals surface area contributed by atoms with E-state index in [1.54, 1.807) is 21.8 Å². The van der Waals surface area contributed by atoms with Crippen molar-refractivity contribution in [3.05, 3.63) is 48.9 Å². The van der Waals surface area contributed by atoms with E-state index in [2.05, 4.69) is 15.5 Å². The number of amides is 1. The van der Waals surface area contributed by atoms with Crippen molar-refractivity contribution in [3.63, 3.8) is 0 Å². The summed E-state index contributed by atoms with van der Waals surface area (Å²) in [5.74, 6) is -0.0523. The highest BCUT2D eigenvalue weighted by Crippen LogP contribution is 2.12. The van der Waals surface area contributed by atoms with E-state index in [1.165, 1.54) is 0 Å². The molecule has 3 aromatic rings. The molecule has 108 valence electrons. The van der Waals surface area contributed by atoms with Crippen LogP contribution in [0.25, 0.3) is 10.9 Å². The maximum atomic E-state index is 12.1. The fourth-order valence-corrected chi connectivity index (χ4v) is 2.34. The quantitative estimate of drug-likeness (QED) is 0.770. The van der Waals surface area contributed by atoms with E-state index in [9.17, 15) is 4.79 Å². The van der Waals surface area contributed by atoms with Gasteiger partial charge in [-0.25, -0.2) is 0 Å². The average Bonchev–Trinajstić information content (AvgIpc) is 3.09. The van der Waals surface area contributed by atoms with Crippen LogP contribution in [0, 0.1) is 0 Å².